The zero-order valence-corrected chi connectivity index (χ0v) is 10.2. The van der Waals surface area contributed by atoms with Crippen molar-refractivity contribution in [2.45, 2.75) is 31.8 Å². The molecular formula is C14H15NO3. The average molecular weight is 245 g/mol. The molecule has 4 heteroatoms. The Balaban J connectivity index is 2.10. The molecule has 0 spiro atoms. The van der Waals surface area contributed by atoms with E-state index < -0.39 is 0 Å². The Morgan fingerprint density at radius 2 is 1.94 bits per heavy atom. The van der Waals surface area contributed by atoms with E-state index in [-0.39, 0.29) is 23.8 Å². The maximum Gasteiger partial charge on any atom is 0.220 e. The van der Waals surface area contributed by atoms with E-state index in [1.165, 1.54) is 6.92 Å². The Morgan fingerprint density at radius 3 is 2.50 bits per heavy atom. The minimum atomic E-state index is -0.384. The quantitative estimate of drug-likeness (QED) is 0.448. The highest BCUT2D eigenvalue weighted by Gasteiger charge is 2.53. The van der Waals surface area contributed by atoms with E-state index in [0.717, 1.165) is 6.29 Å². The summed E-state index contributed by atoms with van der Waals surface area (Å²) in [5, 5.41) is 0. The number of benzene rings is 1. The summed E-state index contributed by atoms with van der Waals surface area (Å²) in [5.74, 6) is -0.151. The van der Waals surface area contributed by atoms with Crippen molar-refractivity contribution < 1.29 is 14.4 Å². The lowest BCUT2D eigenvalue weighted by molar-refractivity contribution is -0.124. The van der Waals surface area contributed by atoms with Gasteiger partial charge in [-0.3, -0.25) is 9.59 Å². The second-order valence-corrected chi connectivity index (χ2v) is 4.41. The number of carbonyl (C=O) groups excluding carboxylic acids is 3. The second kappa shape index (κ2) is 5.12. The van der Waals surface area contributed by atoms with E-state index in [2.05, 4.69) is 0 Å². The average Bonchev–Trinajstić information content (AvgIpc) is 3.11. The van der Waals surface area contributed by atoms with Crippen LogP contribution in [0.2, 0.25) is 0 Å². The summed E-state index contributed by atoms with van der Waals surface area (Å²) in [6.45, 7) is 1.45. The molecule has 0 unspecified atom stereocenters. The number of Topliss-reactive ketones (excluding diaryl/α,β-unsaturated/α-hetero) is 1. The fourth-order valence-corrected chi connectivity index (χ4v) is 2.32. The van der Waals surface area contributed by atoms with E-state index in [1.54, 1.807) is 29.2 Å². The van der Waals surface area contributed by atoms with E-state index in [0.29, 0.717) is 18.4 Å². The third-order valence-corrected chi connectivity index (χ3v) is 3.20. The molecular weight excluding hydrogens is 230 g/mol. The zero-order valence-electron chi connectivity index (χ0n) is 10.2. The SMILES string of the molecule is CC(=O)N1[C@H](CCC=O)[C@H]1C(=O)c1ccccc1. The van der Waals surface area contributed by atoms with E-state index >= 15 is 0 Å². The van der Waals surface area contributed by atoms with Crippen LogP contribution in [-0.4, -0.2) is 35.0 Å². The topological polar surface area (TPSA) is 54.2 Å². The minimum Gasteiger partial charge on any atom is -0.325 e. The molecule has 2 atom stereocenters. The van der Waals surface area contributed by atoms with Crippen LogP contribution in [0.15, 0.2) is 30.3 Å². The van der Waals surface area contributed by atoms with E-state index in [4.69, 9.17) is 0 Å². The standard InChI is InChI=1S/C14H15NO3/c1-10(17)15-12(8-5-9-16)13(15)14(18)11-6-3-2-4-7-11/h2-4,6-7,9,12-13H,5,8H2,1H3/t12-,13+,15?/m1/s1. The van der Waals surface area contributed by atoms with Gasteiger partial charge in [0.1, 0.15) is 12.3 Å². The smallest absolute Gasteiger partial charge is 0.220 e. The molecule has 0 bridgehead atoms. The first-order valence-electron chi connectivity index (χ1n) is 5.98. The molecule has 0 aromatic heterocycles. The van der Waals surface area contributed by atoms with Crippen LogP contribution >= 0.6 is 0 Å². The largest absolute Gasteiger partial charge is 0.325 e. The molecule has 1 heterocycles. The molecule has 0 radical (unpaired) electrons. The molecule has 1 saturated heterocycles. The van der Waals surface area contributed by atoms with E-state index in [1.807, 2.05) is 6.07 Å². The van der Waals surface area contributed by atoms with Crippen LogP contribution in [-0.2, 0) is 9.59 Å². The van der Waals surface area contributed by atoms with Gasteiger partial charge < -0.3 is 9.69 Å². The van der Waals surface area contributed by atoms with Crippen LogP contribution in [0, 0.1) is 0 Å². The number of carbonyl (C=O) groups is 3. The molecule has 1 fully saturated rings. The molecule has 94 valence electrons. The van der Waals surface area contributed by atoms with Crippen molar-refractivity contribution in [1.82, 2.24) is 4.90 Å². The first kappa shape index (κ1) is 12.5. The van der Waals surface area contributed by atoms with Crippen molar-refractivity contribution in [3.8, 4) is 0 Å². The van der Waals surface area contributed by atoms with Gasteiger partial charge in [-0.15, -0.1) is 0 Å². The van der Waals surface area contributed by atoms with Crippen molar-refractivity contribution in [2.75, 3.05) is 0 Å². The molecule has 4 nitrogen and oxygen atoms in total. The van der Waals surface area contributed by atoms with Gasteiger partial charge >= 0.3 is 0 Å². The number of hydrogen-bond acceptors (Lipinski definition) is 3. The fourth-order valence-electron chi connectivity index (χ4n) is 2.32. The number of hydrogen-bond donors (Lipinski definition) is 0. The fraction of sp³-hybridized carbons (Fsp3) is 0.357. The molecule has 0 saturated carbocycles. The van der Waals surface area contributed by atoms with Crippen LogP contribution in [0.3, 0.4) is 0 Å². The lowest BCUT2D eigenvalue weighted by atomic mass is 10.1. The number of aldehydes is 1. The van der Waals surface area contributed by atoms with Gasteiger partial charge in [-0.2, -0.15) is 0 Å². The molecule has 1 amide bonds. The summed E-state index contributed by atoms with van der Waals surface area (Å²) >= 11 is 0. The first-order valence-corrected chi connectivity index (χ1v) is 5.98. The van der Waals surface area contributed by atoms with Crippen molar-refractivity contribution in [3.63, 3.8) is 0 Å². The molecule has 0 aliphatic carbocycles. The minimum absolute atomic E-state index is 0.0401. The number of amides is 1. The molecule has 1 aromatic rings. The summed E-state index contributed by atoms with van der Waals surface area (Å²) in [7, 11) is 0. The lowest BCUT2D eigenvalue weighted by Gasteiger charge is -1.99. The highest BCUT2D eigenvalue weighted by molar-refractivity contribution is 6.05. The maximum atomic E-state index is 12.2. The molecule has 1 aliphatic heterocycles. The highest BCUT2D eigenvalue weighted by atomic mass is 16.2. The summed E-state index contributed by atoms with van der Waals surface area (Å²) in [5.41, 5.74) is 0.613. The van der Waals surface area contributed by atoms with Gasteiger partial charge in [-0.25, -0.2) is 0 Å². The van der Waals surface area contributed by atoms with Crippen LogP contribution < -0.4 is 0 Å². The number of rotatable bonds is 5. The van der Waals surface area contributed by atoms with Gasteiger partial charge in [-0.1, -0.05) is 30.3 Å². The van der Waals surface area contributed by atoms with Gasteiger partial charge in [0.05, 0.1) is 6.04 Å². The van der Waals surface area contributed by atoms with Gasteiger partial charge in [0.25, 0.3) is 0 Å². The molecule has 0 N–H and O–H groups in total. The summed E-state index contributed by atoms with van der Waals surface area (Å²) in [6.07, 6.45) is 1.76. The normalized spacial score (nSPS) is 21.5. The summed E-state index contributed by atoms with van der Waals surface area (Å²) < 4.78 is 0. The van der Waals surface area contributed by atoms with Gasteiger partial charge in [0.2, 0.25) is 5.91 Å². The Kier molecular flexibility index (Phi) is 3.55. The first-order chi connectivity index (χ1) is 8.66. The predicted octanol–water partition coefficient (Wildman–Crippen LogP) is 1.45. The van der Waals surface area contributed by atoms with Crippen molar-refractivity contribution in [2.24, 2.45) is 0 Å². The maximum absolute atomic E-state index is 12.2. The van der Waals surface area contributed by atoms with Crippen molar-refractivity contribution in [3.05, 3.63) is 35.9 Å². The summed E-state index contributed by atoms with van der Waals surface area (Å²) in [6, 6.07) is 8.44. The second-order valence-electron chi connectivity index (χ2n) is 4.41. The van der Waals surface area contributed by atoms with Crippen molar-refractivity contribution in [1.29, 1.82) is 0 Å². The molecule has 2 rings (SSSR count). The van der Waals surface area contributed by atoms with Gasteiger partial charge in [0, 0.05) is 18.9 Å². The Morgan fingerprint density at radius 1 is 1.28 bits per heavy atom. The summed E-state index contributed by atoms with van der Waals surface area (Å²) in [4.78, 5) is 35.6. The third kappa shape index (κ3) is 2.32. The number of ketones is 1. The number of nitrogens with zero attached hydrogens (tertiary/aromatic N) is 1. The Labute approximate surface area is 106 Å². The molecule has 18 heavy (non-hydrogen) atoms. The Bertz CT molecular complexity index is 469. The Hall–Kier alpha value is -1.97. The highest BCUT2D eigenvalue weighted by Crippen LogP contribution is 2.34. The lowest BCUT2D eigenvalue weighted by Crippen LogP contribution is -2.16. The van der Waals surface area contributed by atoms with Crippen LogP contribution in [0.1, 0.15) is 30.1 Å². The predicted molar refractivity (Wildman–Crippen MR) is 66.2 cm³/mol. The van der Waals surface area contributed by atoms with E-state index in [9.17, 15) is 14.4 Å². The van der Waals surface area contributed by atoms with Crippen LogP contribution in [0.5, 0.6) is 0 Å². The monoisotopic (exact) mass is 245 g/mol. The molecule has 1 aromatic carbocycles. The van der Waals surface area contributed by atoms with Crippen molar-refractivity contribution >= 4 is 18.0 Å². The zero-order chi connectivity index (χ0) is 13.1. The van der Waals surface area contributed by atoms with Gasteiger partial charge in [0.15, 0.2) is 5.78 Å². The third-order valence-electron chi connectivity index (χ3n) is 3.20. The van der Waals surface area contributed by atoms with Crippen LogP contribution in [0.4, 0.5) is 0 Å². The van der Waals surface area contributed by atoms with Crippen LogP contribution in [0.25, 0.3) is 0 Å². The van der Waals surface area contributed by atoms with Gasteiger partial charge in [-0.05, 0) is 6.42 Å². The molecule has 1 aliphatic rings.